The average Bonchev–Trinajstić information content (AvgIpc) is 2.89. The van der Waals surface area contributed by atoms with Crippen LogP contribution in [0.1, 0.15) is 27.8 Å². The van der Waals surface area contributed by atoms with Gasteiger partial charge >= 0.3 is 5.97 Å². The molecule has 106 valence electrons. The fraction of sp³-hybridized carbons (Fsp3) is 0.0667. The first-order valence-electron chi connectivity index (χ1n) is 6.21. The molecule has 0 bridgehead atoms. The zero-order valence-corrected chi connectivity index (χ0v) is 10.7. The van der Waals surface area contributed by atoms with Crippen LogP contribution < -0.4 is 0 Å². The molecule has 0 amide bonds. The van der Waals surface area contributed by atoms with Crippen molar-refractivity contribution >= 4 is 17.0 Å². The second-order valence-corrected chi connectivity index (χ2v) is 4.59. The third-order valence-corrected chi connectivity index (χ3v) is 3.19. The van der Waals surface area contributed by atoms with Crippen molar-refractivity contribution in [3.8, 4) is 0 Å². The summed E-state index contributed by atoms with van der Waals surface area (Å²) in [6, 6.07) is 11.1. The molecule has 1 aromatic heterocycles. The zero-order valence-electron chi connectivity index (χ0n) is 10.7. The first-order valence-corrected chi connectivity index (χ1v) is 6.21. The molecule has 6 heteroatoms. The normalized spacial score (nSPS) is 12.5. The number of rotatable bonds is 3. The number of aromatic amines is 1. The minimum atomic E-state index is -1.36. The van der Waals surface area contributed by atoms with Crippen molar-refractivity contribution in [3.63, 3.8) is 0 Å². The number of carbonyl (C=O) groups is 1. The van der Waals surface area contributed by atoms with Crippen LogP contribution in [0.4, 0.5) is 4.39 Å². The van der Waals surface area contributed by atoms with E-state index in [0.29, 0.717) is 16.6 Å². The Balaban J connectivity index is 2.07. The van der Waals surface area contributed by atoms with E-state index < -0.39 is 23.5 Å². The van der Waals surface area contributed by atoms with Gasteiger partial charge in [0.25, 0.3) is 0 Å². The summed E-state index contributed by atoms with van der Waals surface area (Å²) in [5.41, 5.74) is 0.812. The Kier molecular flexibility index (Phi) is 3.15. The maximum absolute atomic E-state index is 13.6. The second kappa shape index (κ2) is 4.99. The van der Waals surface area contributed by atoms with Crippen LogP contribution in [0.15, 0.2) is 42.5 Å². The molecule has 1 unspecified atom stereocenters. The summed E-state index contributed by atoms with van der Waals surface area (Å²) in [5.74, 6) is -1.97. The summed E-state index contributed by atoms with van der Waals surface area (Å²) < 4.78 is 13.6. The third-order valence-electron chi connectivity index (χ3n) is 3.19. The molecule has 3 rings (SSSR count). The molecule has 5 nitrogen and oxygen atoms in total. The number of hydrogen-bond donors (Lipinski definition) is 3. The van der Waals surface area contributed by atoms with Crippen LogP contribution in [0.25, 0.3) is 11.0 Å². The highest BCUT2D eigenvalue weighted by Crippen LogP contribution is 2.24. The largest absolute Gasteiger partial charge is 0.478 e. The third kappa shape index (κ3) is 2.36. The summed E-state index contributed by atoms with van der Waals surface area (Å²) in [7, 11) is 0. The van der Waals surface area contributed by atoms with Crippen molar-refractivity contribution in [2.75, 3.05) is 0 Å². The lowest BCUT2D eigenvalue weighted by Gasteiger charge is -2.06. The van der Waals surface area contributed by atoms with E-state index in [0.717, 1.165) is 12.1 Å². The van der Waals surface area contributed by atoms with E-state index in [1.807, 2.05) is 6.07 Å². The fourth-order valence-corrected chi connectivity index (χ4v) is 2.14. The quantitative estimate of drug-likeness (QED) is 0.690. The maximum Gasteiger partial charge on any atom is 0.338 e. The number of fused-ring (bicyclic) bond motifs is 1. The molecule has 3 N–H and O–H groups in total. The molecule has 0 aliphatic heterocycles. The summed E-state index contributed by atoms with van der Waals surface area (Å²) >= 11 is 0. The van der Waals surface area contributed by atoms with Crippen molar-refractivity contribution < 1.29 is 19.4 Å². The van der Waals surface area contributed by atoms with Crippen LogP contribution in [0, 0.1) is 5.82 Å². The number of carboxylic acids is 1. The Labute approximate surface area is 118 Å². The number of nitrogens with one attached hydrogen (secondary N) is 1. The highest BCUT2D eigenvalue weighted by atomic mass is 19.1. The molecule has 0 aliphatic rings. The Bertz CT molecular complexity index is 814. The van der Waals surface area contributed by atoms with Crippen molar-refractivity contribution in [3.05, 3.63) is 65.2 Å². The molecular weight excluding hydrogens is 275 g/mol. The molecule has 0 spiro atoms. The van der Waals surface area contributed by atoms with Gasteiger partial charge in [-0.15, -0.1) is 0 Å². The number of imidazole rings is 1. The zero-order chi connectivity index (χ0) is 15.0. The van der Waals surface area contributed by atoms with Crippen LogP contribution in [-0.2, 0) is 0 Å². The summed E-state index contributed by atoms with van der Waals surface area (Å²) in [6.45, 7) is 0. The van der Waals surface area contributed by atoms with E-state index in [2.05, 4.69) is 9.97 Å². The van der Waals surface area contributed by atoms with Crippen LogP contribution in [-0.4, -0.2) is 26.2 Å². The van der Waals surface area contributed by atoms with Gasteiger partial charge in [-0.2, -0.15) is 0 Å². The summed E-state index contributed by atoms with van der Waals surface area (Å²) in [6.07, 6.45) is -0.991. The van der Waals surface area contributed by atoms with Crippen molar-refractivity contribution in [1.82, 2.24) is 9.97 Å². The van der Waals surface area contributed by atoms with Gasteiger partial charge in [-0.1, -0.05) is 30.3 Å². The lowest BCUT2D eigenvalue weighted by atomic mass is 10.1. The second-order valence-electron chi connectivity index (χ2n) is 4.59. The highest BCUT2D eigenvalue weighted by molar-refractivity contribution is 5.92. The number of nitrogens with zero attached hydrogens (tertiary/aromatic N) is 1. The maximum atomic E-state index is 13.6. The van der Waals surface area contributed by atoms with Gasteiger partial charge < -0.3 is 15.2 Å². The van der Waals surface area contributed by atoms with E-state index in [4.69, 9.17) is 5.11 Å². The molecule has 0 saturated carbocycles. The van der Waals surface area contributed by atoms with E-state index >= 15 is 0 Å². The number of halogens is 1. The topological polar surface area (TPSA) is 86.2 Å². The van der Waals surface area contributed by atoms with Crippen LogP contribution in [0.3, 0.4) is 0 Å². The van der Waals surface area contributed by atoms with Gasteiger partial charge in [0.05, 0.1) is 16.6 Å². The average molecular weight is 286 g/mol. The van der Waals surface area contributed by atoms with Gasteiger partial charge in [0.15, 0.2) is 0 Å². The highest BCUT2D eigenvalue weighted by Gasteiger charge is 2.18. The van der Waals surface area contributed by atoms with Crippen LogP contribution >= 0.6 is 0 Å². The SMILES string of the molecule is O=C(O)c1cc2nc(C(O)c3ccccc3)[nH]c2cc1F. The molecule has 0 aliphatic carbocycles. The number of aliphatic hydroxyl groups is 1. The minimum absolute atomic E-state index is 0.234. The van der Waals surface area contributed by atoms with E-state index in [-0.39, 0.29) is 5.82 Å². The number of benzene rings is 2. The Morgan fingerprint density at radius 1 is 1.24 bits per heavy atom. The predicted molar refractivity (Wildman–Crippen MR) is 73.5 cm³/mol. The van der Waals surface area contributed by atoms with Gasteiger partial charge in [0.2, 0.25) is 0 Å². The van der Waals surface area contributed by atoms with E-state index in [1.165, 1.54) is 0 Å². The standard InChI is InChI=1S/C15H11FN2O3/c16-10-7-12-11(6-9(10)15(20)21)17-14(18-12)13(19)8-4-2-1-3-5-8/h1-7,13,19H,(H,17,18)(H,20,21). The Morgan fingerprint density at radius 3 is 2.62 bits per heavy atom. The van der Waals surface area contributed by atoms with Gasteiger partial charge in [0, 0.05) is 6.07 Å². The number of carboxylic acid groups (broad SMARTS) is 1. The molecule has 1 heterocycles. The predicted octanol–water partition coefficient (Wildman–Crippen LogP) is 2.48. The minimum Gasteiger partial charge on any atom is -0.478 e. The van der Waals surface area contributed by atoms with Gasteiger partial charge in [-0.25, -0.2) is 14.2 Å². The van der Waals surface area contributed by atoms with Crippen molar-refractivity contribution in [2.45, 2.75) is 6.10 Å². The molecule has 21 heavy (non-hydrogen) atoms. The summed E-state index contributed by atoms with van der Waals surface area (Å²) in [5, 5.41) is 19.1. The van der Waals surface area contributed by atoms with Gasteiger partial charge in [-0.3, -0.25) is 0 Å². The number of H-pyrrole nitrogens is 1. The fourth-order valence-electron chi connectivity index (χ4n) is 2.14. The molecule has 3 aromatic rings. The van der Waals surface area contributed by atoms with Crippen LogP contribution in [0.5, 0.6) is 0 Å². The lowest BCUT2D eigenvalue weighted by Crippen LogP contribution is -2.01. The monoisotopic (exact) mass is 286 g/mol. The van der Waals surface area contributed by atoms with Crippen LogP contribution in [0.2, 0.25) is 0 Å². The Morgan fingerprint density at radius 2 is 1.95 bits per heavy atom. The Hall–Kier alpha value is -2.73. The molecule has 0 fully saturated rings. The van der Waals surface area contributed by atoms with E-state index in [1.54, 1.807) is 24.3 Å². The first-order chi connectivity index (χ1) is 10.1. The molecular formula is C15H11FN2O3. The molecule has 0 saturated heterocycles. The number of aromatic carboxylic acids is 1. The number of hydrogen-bond acceptors (Lipinski definition) is 3. The van der Waals surface area contributed by atoms with Gasteiger partial charge in [-0.05, 0) is 11.6 Å². The molecule has 1 atom stereocenters. The van der Waals surface area contributed by atoms with E-state index in [9.17, 15) is 14.3 Å². The smallest absolute Gasteiger partial charge is 0.338 e. The number of aliphatic hydroxyl groups excluding tert-OH is 1. The van der Waals surface area contributed by atoms with Gasteiger partial charge in [0.1, 0.15) is 17.7 Å². The van der Waals surface area contributed by atoms with Crippen molar-refractivity contribution in [1.29, 1.82) is 0 Å². The van der Waals surface area contributed by atoms with Crippen molar-refractivity contribution in [2.24, 2.45) is 0 Å². The molecule has 0 radical (unpaired) electrons. The number of aromatic nitrogens is 2. The first kappa shape index (κ1) is 13.3. The lowest BCUT2D eigenvalue weighted by molar-refractivity contribution is 0.0692. The molecule has 2 aromatic carbocycles. The summed E-state index contributed by atoms with van der Waals surface area (Å²) in [4.78, 5) is 17.8.